The number of ether oxygens (including phenoxy) is 1. The predicted molar refractivity (Wildman–Crippen MR) is 39.2 cm³/mol. The molecule has 0 spiro atoms. The van der Waals surface area contributed by atoms with Gasteiger partial charge in [0, 0.05) is 5.57 Å². The quantitative estimate of drug-likeness (QED) is 0.619. The zero-order valence-electron chi connectivity index (χ0n) is 6.00. The highest BCUT2D eigenvalue weighted by atomic mass is 16.5. The summed E-state index contributed by atoms with van der Waals surface area (Å²) in [5.41, 5.74) is 0.880. The van der Waals surface area contributed by atoms with E-state index in [4.69, 9.17) is 9.84 Å². The fourth-order valence-corrected chi connectivity index (χ4v) is 0.935. The minimum atomic E-state index is 0.0630. The highest BCUT2D eigenvalue weighted by Gasteiger charge is 2.06. The SMILES string of the molecule is COC1=C[CH]CC=C1CO. The van der Waals surface area contributed by atoms with E-state index in [2.05, 4.69) is 0 Å². The molecule has 0 aliphatic heterocycles. The van der Waals surface area contributed by atoms with Crippen LogP contribution >= 0.6 is 0 Å². The van der Waals surface area contributed by atoms with E-state index in [0.717, 1.165) is 17.8 Å². The summed E-state index contributed by atoms with van der Waals surface area (Å²) in [4.78, 5) is 0. The Morgan fingerprint density at radius 2 is 2.50 bits per heavy atom. The standard InChI is InChI=1S/C8H11O2/c1-10-8-5-3-2-4-7(8)6-9/h3-5,9H,2,6H2,1H3. The van der Waals surface area contributed by atoms with Crippen molar-refractivity contribution >= 4 is 0 Å². The van der Waals surface area contributed by atoms with Gasteiger partial charge in [-0.25, -0.2) is 0 Å². The molecule has 2 heteroatoms. The minimum Gasteiger partial charge on any atom is -0.497 e. The van der Waals surface area contributed by atoms with E-state index >= 15 is 0 Å². The van der Waals surface area contributed by atoms with E-state index in [1.807, 2.05) is 18.6 Å². The monoisotopic (exact) mass is 139 g/mol. The largest absolute Gasteiger partial charge is 0.497 e. The summed E-state index contributed by atoms with van der Waals surface area (Å²) in [5, 5.41) is 8.79. The highest BCUT2D eigenvalue weighted by Crippen LogP contribution is 2.17. The van der Waals surface area contributed by atoms with E-state index in [9.17, 15) is 0 Å². The van der Waals surface area contributed by atoms with Crippen LogP contribution in [0.4, 0.5) is 0 Å². The van der Waals surface area contributed by atoms with Gasteiger partial charge in [-0.3, -0.25) is 0 Å². The Bertz CT molecular complexity index is 148. The fourth-order valence-electron chi connectivity index (χ4n) is 0.935. The van der Waals surface area contributed by atoms with Crippen molar-refractivity contribution < 1.29 is 9.84 Å². The number of aliphatic hydroxyl groups excluding tert-OH is 1. The van der Waals surface area contributed by atoms with Crippen molar-refractivity contribution in [3.8, 4) is 0 Å². The molecule has 0 bridgehead atoms. The summed E-state index contributed by atoms with van der Waals surface area (Å²) in [6.45, 7) is 0.0630. The van der Waals surface area contributed by atoms with Gasteiger partial charge in [-0.15, -0.1) is 0 Å². The summed E-state index contributed by atoms with van der Waals surface area (Å²) in [6, 6.07) is 0. The molecule has 55 valence electrons. The van der Waals surface area contributed by atoms with Gasteiger partial charge in [0.05, 0.1) is 13.7 Å². The average molecular weight is 139 g/mol. The molecular formula is C8H11O2. The molecule has 0 unspecified atom stereocenters. The summed E-state index contributed by atoms with van der Waals surface area (Å²) in [6.07, 6.45) is 6.73. The lowest BCUT2D eigenvalue weighted by atomic mass is 10.1. The second kappa shape index (κ2) is 3.42. The molecule has 0 saturated heterocycles. The molecule has 1 aliphatic carbocycles. The lowest BCUT2D eigenvalue weighted by molar-refractivity contribution is 0.270. The van der Waals surface area contributed by atoms with Crippen LogP contribution < -0.4 is 0 Å². The van der Waals surface area contributed by atoms with Crippen molar-refractivity contribution in [2.45, 2.75) is 6.42 Å². The summed E-state index contributed by atoms with van der Waals surface area (Å²) >= 11 is 0. The Morgan fingerprint density at radius 1 is 1.70 bits per heavy atom. The lowest BCUT2D eigenvalue weighted by Crippen LogP contribution is -2.01. The van der Waals surface area contributed by atoms with E-state index in [-0.39, 0.29) is 6.61 Å². The number of hydrogen-bond acceptors (Lipinski definition) is 2. The van der Waals surface area contributed by atoms with E-state index < -0.39 is 0 Å². The Labute approximate surface area is 60.8 Å². The summed E-state index contributed by atoms with van der Waals surface area (Å²) in [7, 11) is 1.61. The molecule has 0 amide bonds. The number of hydrogen-bond donors (Lipinski definition) is 1. The van der Waals surface area contributed by atoms with E-state index in [1.165, 1.54) is 0 Å². The van der Waals surface area contributed by atoms with E-state index in [1.54, 1.807) is 7.11 Å². The second-order valence-corrected chi connectivity index (χ2v) is 2.09. The van der Waals surface area contributed by atoms with Crippen LogP contribution in [0.2, 0.25) is 0 Å². The van der Waals surface area contributed by atoms with Crippen LogP contribution in [0.15, 0.2) is 23.5 Å². The summed E-state index contributed by atoms with van der Waals surface area (Å²) < 4.78 is 5.00. The Kier molecular flexibility index (Phi) is 2.51. The topological polar surface area (TPSA) is 29.5 Å². The van der Waals surface area contributed by atoms with Crippen LogP contribution in [0.5, 0.6) is 0 Å². The first-order valence-corrected chi connectivity index (χ1v) is 3.26. The molecule has 10 heavy (non-hydrogen) atoms. The van der Waals surface area contributed by atoms with Gasteiger partial charge in [0.1, 0.15) is 5.76 Å². The van der Waals surface area contributed by atoms with Gasteiger partial charge >= 0.3 is 0 Å². The van der Waals surface area contributed by atoms with Crippen LogP contribution in [-0.4, -0.2) is 18.8 Å². The molecule has 1 N–H and O–H groups in total. The van der Waals surface area contributed by atoms with Crippen LogP contribution in [0.25, 0.3) is 0 Å². The first kappa shape index (κ1) is 7.35. The number of allylic oxidation sites excluding steroid dienone is 2. The zero-order chi connectivity index (χ0) is 7.40. The maximum Gasteiger partial charge on any atom is 0.120 e. The van der Waals surface area contributed by atoms with Gasteiger partial charge in [0.2, 0.25) is 0 Å². The molecule has 0 heterocycles. The molecule has 1 rings (SSSR count). The van der Waals surface area contributed by atoms with Gasteiger partial charge in [-0.05, 0) is 18.9 Å². The van der Waals surface area contributed by atoms with Crippen LogP contribution in [-0.2, 0) is 4.74 Å². The highest BCUT2D eigenvalue weighted by molar-refractivity contribution is 5.32. The van der Waals surface area contributed by atoms with E-state index in [0.29, 0.717) is 0 Å². The second-order valence-electron chi connectivity index (χ2n) is 2.09. The molecule has 0 aromatic heterocycles. The molecule has 0 aromatic carbocycles. The Hall–Kier alpha value is -0.760. The van der Waals surface area contributed by atoms with Gasteiger partial charge < -0.3 is 9.84 Å². The number of methoxy groups -OCH3 is 1. The average Bonchev–Trinajstić information content (AvgIpc) is 2.04. The first-order valence-electron chi connectivity index (χ1n) is 3.26. The smallest absolute Gasteiger partial charge is 0.120 e. The normalized spacial score (nSPS) is 17.8. The van der Waals surface area contributed by atoms with Gasteiger partial charge in [0.25, 0.3) is 0 Å². The van der Waals surface area contributed by atoms with Crippen molar-refractivity contribution in [1.82, 2.24) is 0 Å². The lowest BCUT2D eigenvalue weighted by Gasteiger charge is -2.11. The maximum atomic E-state index is 8.79. The van der Waals surface area contributed by atoms with Crippen molar-refractivity contribution in [2.75, 3.05) is 13.7 Å². The molecule has 2 nitrogen and oxygen atoms in total. The van der Waals surface area contributed by atoms with Gasteiger partial charge in [-0.2, -0.15) is 0 Å². The van der Waals surface area contributed by atoms with Crippen molar-refractivity contribution in [2.24, 2.45) is 0 Å². The fraction of sp³-hybridized carbons (Fsp3) is 0.375. The third kappa shape index (κ3) is 1.39. The van der Waals surface area contributed by atoms with Crippen molar-refractivity contribution in [1.29, 1.82) is 0 Å². The molecular weight excluding hydrogens is 128 g/mol. The molecule has 0 aromatic rings. The predicted octanol–water partition coefficient (Wildman–Crippen LogP) is 1.04. The zero-order valence-corrected chi connectivity index (χ0v) is 6.00. The Morgan fingerprint density at radius 3 is 3.00 bits per heavy atom. The molecule has 0 saturated carbocycles. The third-order valence-electron chi connectivity index (χ3n) is 1.48. The first-order chi connectivity index (χ1) is 4.88. The molecule has 1 radical (unpaired) electrons. The van der Waals surface area contributed by atoms with Crippen LogP contribution in [0.3, 0.4) is 0 Å². The minimum absolute atomic E-state index is 0.0630. The van der Waals surface area contributed by atoms with Crippen LogP contribution in [0.1, 0.15) is 6.42 Å². The molecule has 1 aliphatic rings. The number of rotatable bonds is 2. The third-order valence-corrected chi connectivity index (χ3v) is 1.48. The number of aliphatic hydroxyl groups is 1. The van der Waals surface area contributed by atoms with Crippen molar-refractivity contribution in [3.05, 3.63) is 29.9 Å². The Balaban J connectivity index is 2.67. The van der Waals surface area contributed by atoms with Crippen molar-refractivity contribution in [3.63, 3.8) is 0 Å². The maximum absolute atomic E-state index is 8.79. The molecule has 0 fully saturated rings. The van der Waals surface area contributed by atoms with Gasteiger partial charge in [0.15, 0.2) is 0 Å². The summed E-state index contributed by atoms with van der Waals surface area (Å²) in [5.74, 6) is 0.772. The van der Waals surface area contributed by atoms with Gasteiger partial charge in [-0.1, -0.05) is 6.08 Å². The molecule has 0 atom stereocenters. The van der Waals surface area contributed by atoms with Crippen LogP contribution in [0, 0.1) is 6.42 Å².